The van der Waals surface area contributed by atoms with Crippen LogP contribution in [-0.4, -0.2) is 87.7 Å². The van der Waals surface area contributed by atoms with Gasteiger partial charge in [-0.25, -0.2) is 4.79 Å². The zero-order valence-corrected chi connectivity index (χ0v) is 17.7. The predicted octanol–water partition coefficient (Wildman–Crippen LogP) is 0.791. The Bertz CT molecular complexity index is 464. The van der Waals surface area contributed by atoms with E-state index in [9.17, 15) is 25.2 Å². The fourth-order valence-corrected chi connectivity index (χ4v) is 3.55. The SMILES string of the molecule is CCCCCCCCOC(=O)C1(O)O[C@H](CO)[C@@H](O)[C@H](O)[C@H]1N(C)C(C)CC. The van der Waals surface area contributed by atoms with E-state index in [1.807, 2.05) is 13.8 Å². The summed E-state index contributed by atoms with van der Waals surface area (Å²) in [4.78, 5) is 14.3. The van der Waals surface area contributed by atoms with Crippen LogP contribution in [0.2, 0.25) is 0 Å². The first-order valence-electron chi connectivity index (χ1n) is 10.5. The molecule has 1 rings (SSSR count). The van der Waals surface area contributed by atoms with Gasteiger partial charge in [0, 0.05) is 6.04 Å². The summed E-state index contributed by atoms with van der Waals surface area (Å²) in [5, 5.41) is 41.3. The van der Waals surface area contributed by atoms with E-state index in [1.54, 1.807) is 11.9 Å². The van der Waals surface area contributed by atoms with Crippen LogP contribution in [0.15, 0.2) is 0 Å². The smallest absolute Gasteiger partial charge is 0.368 e. The third-order valence-corrected chi connectivity index (χ3v) is 5.71. The lowest BCUT2D eigenvalue weighted by Crippen LogP contribution is -2.73. The highest BCUT2D eigenvalue weighted by atomic mass is 16.7. The van der Waals surface area contributed by atoms with Gasteiger partial charge in [0.1, 0.15) is 24.4 Å². The van der Waals surface area contributed by atoms with Gasteiger partial charge in [-0.1, -0.05) is 46.0 Å². The number of ether oxygens (including phenoxy) is 2. The number of unbranched alkanes of at least 4 members (excludes halogenated alkanes) is 5. The monoisotopic (exact) mass is 405 g/mol. The minimum absolute atomic E-state index is 0.0981. The van der Waals surface area contributed by atoms with Gasteiger partial charge in [-0.3, -0.25) is 4.90 Å². The Labute approximate surface area is 168 Å². The van der Waals surface area contributed by atoms with Crippen LogP contribution in [0.1, 0.15) is 65.7 Å². The van der Waals surface area contributed by atoms with Gasteiger partial charge in [-0.15, -0.1) is 0 Å². The molecule has 1 aliphatic rings. The number of aliphatic hydroxyl groups is 4. The van der Waals surface area contributed by atoms with Gasteiger partial charge in [0.05, 0.1) is 13.2 Å². The molecule has 0 aromatic heterocycles. The largest absolute Gasteiger partial charge is 0.462 e. The van der Waals surface area contributed by atoms with E-state index >= 15 is 0 Å². The Morgan fingerprint density at radius 2 is 1.75 bits per heavy atom. The van der Waals surface area contributed by atoms with E-state index in [4.69, 9.17) is 9.47 Å². The molecular formula is C20H39NO7. The molecule has 1 fully saturated rings. The molecule has 1 aliphatic heterocycles. The number of hydrogen-bond acceptors (Lipinski definition) is 8. The Kier molecular flexibility index (Phi) is 10.9. The van der Waals surface area contributed by atoms with Gasteiger partial charge in [0.2, 0.25) is 0 Å². The molecule has 1 heterocycles. The number of likely N-dealkylation sites (N-methyl/N-ethyl adjacent to an activating group) is 1. The van der Waals surface area contributed by atoms with Crippen molar-refractivity contribution >= 4 is 5.97 Å². The van der Waals surface area contributed by atoms with Crippen LogP contribution in [0.5, 0.6) is 0 Å². The van der Waals surface area contributed by atoms with Crippen molar-refractivity contribution in [3.05, 3.63) is 0 Å². The maximum atomic E-state index is 12.7. The molecule has 8 nitrogen and oxygen atoms in total. The molecule has 0 saturated carbocycles. The zero-order chi connectivity index (χ0) is 21.3. The third kappa shape index (κ3) is 6.11. The summed E-state index contributed by atoms with van der Waals surface area (Å²) in [6.45, 7) is 5.44. The molecule has 4 N–H and O–H groups in total. The Morgan fingerprint density at radius 1 is 1.14 bits per heavy atom. The molecule has 6 atom stereocenters. The fraction of sp³-hybridized carbons (Fsp3) is 0.950. The highest BCUT2D eigenvalue weighted by Crippen LogP contribution is 2.33. The minimum atomic E-state index is -2.48. The van der Waals surface area contributed by atoms with Crippen molar-refractivity contribution < 1.29 is 34.7 Å². The van der Waals surface area contributed by atoms with Crippen molar-refractivity contribution in [2.45, 2.75) is 102 Å². The van der Waals surface area contributed by atoms with Crippen LogP contribution in [0, 0.1) is 0 Å². The molecule has 0 spiro atoms. The number of carbonyl (C=O) groups is 1. The quantitative estimate of drug-likeness (QED) is 0.278. The van der Waals surface area contributed by atoms with Crippen LogP contribution >= 0.6 is 0 Å². The maximum absolute atomic E-state index is 12.7. The number of rotatable bonds is 12. The summed E-state index contributed by atoms with van der Waals surface area (Å²) in [7, 11) is 1.64. The Morgan fingerprint density at radius 3 is 2.32 bits per heavy atom. The molecule has 0 bridgehead atoms. The number of carbonyl (C=O) groups excluding carboxylic acids is 1. The molecule has 8 heteroatoms. The van der Waals surface area contributed by atoms with Crippen LogP contribution in [0.4, 0.5) is 0 Å². The van der Waals surface area contributed by atoms with Crippen molar-refractivity contribution in [3.8, 4) is 0 Å². The lowest BCUT2D eigenvalue weighted by Gasteiger charge is -2.50. The van der Waals surface area contributed by atoms with E-state index in [2.05, 4.69) is 6.92 Å². The lowest BCUT2D eigenvalue weighted by molar-refractivity contribution is -0.327. The van der Waals surface area contributed by atoms with Crippen LogP contribution in [-0.2, 0) is 14.3 Å². The summed E-state index contributed by atoms with van der Waals surface area (Å²) >= 11 is 0. The first-order valence-corrected chi connectivity index (χ1v) is 10.5. The first kappa shape index (κ1) is 25.3. The molecular weight excluding hydrogens is 366 g/mol. The predicted molar refractivity (Wildman–Crippen MR) is 105 cm³/mol. The Balaban J connectivity index is 2.83. The fourth-order valence-electron chi connectivity index (χ4n) is 3.55. The summed E-state index contributed by atoms with van der Waals surface area (Å²) in [5.41, 5.74) is 0. The molecule has 166 valence electrons. The highest BCUT2D eigenvalue weighted by Gasteiger charge is 2.60. The van der Waals surface area contributed by atoms with E-state index in [0.29, 0.717) is 12.8 Å². The highest BCUT2D eigenvalue weighted by molar-refractivity contribution is 5.79. The van der Waals surface area contributed by atoms with E-state index < -0.39 is 42.7 Å². The van der Waals surface area contributed by atoms with Crippen LogP contribution in [0.3, 0.4) is 0 Å². The van der Waals surface area contributed by atoms with E-state index in [1.165, 1.54) is 6.42 Å². The van der Waals surface area contributed by atoms with E-state index in [0.717, 1.165) is 25.7 Å². The standard InChI is InChI=1S/C20H39NO7/c1-5-7-8-9-10-11-12-27-19(25)20(26)18(21(4)14(3)6-2)17(24)16(23)15(13-22)28-20/h14-18,22-24,26H,5-13H2,1-4H3/t14?,15-,16-,17+,18-,20?/m1/s1. The molecule has 0 radical (unpaired) electrons. The second-order valence-electron chi connectivity index (χ2n) is 7.79. The van der Waals surface area contributed by atoms with Gasteiger partial charge in [0.25, 0.3) is 5.79 Å². The van der Waals surface area contributed by atoms with Gasteiger partial charge in [-0.05, 0) is 26.8 Å². The summed E-state index contributed by atoms with van der Waals surface area (Å²) < 4.78 is 10.6. The summed E-state index contributed by atoms with van der Waals surface area (Å²) in [6.07, 6.45) is 2.61. The molecule has 0 aromatic carbocycles. The second-order valence-corrected chi connectivity index (χ2v) is 7.79. The van der Waals surface area contributed by atoms with Crippen molar-refractivity contribution in [1.82, 2.24) is 4.90 Å². The van der Waals surface area contributed by atoms with Crippen molar-refractivity contribution in [2.24, 2.45) is 0 Å². The average molecular weight is 406 g/mol. The van der Waals surface area contributed by atoms with Crippen LogP contribution in [0.25, 0.3) is 0 Å². The molecule has 28 heavy (non-hydrogen) atoms. The Hall–Kier alpha value is -0.770. The zero-order valence-electron chi connectivity index (χ0n) is 17.7. The number of hydrogen-bond donors (Lipinski definition) is 4. The average Bonchev–Trinajstić information content (AvgIpc) is 2.69. The van der Waals surface area contributed by atoms with Crippen molar-refractivity contribution in [3.63, 3.8) is 0 Å². The third-order valence-electron chi connectivity index (χ3n) is 5.71. The maximum Gasteiger partial charge on any atom is 0.368 e. The summed E-state index contributed by atoms with van der Waals surface area (Å²) in [6, 6.07) is -1.32. The van der Waals surface area contributed by atoms with E-state index in [-0.39, 0.29) is 12.6 Å². The number of nitrogens with zero attached hydrogens (tertiary/aromatic N) is 1. The minimum Gasteiger partial charge on any atom is -0.462 e. The van der Waals surface area contributed by atoms with Crippen molar-refractivity contribution in [1.29, 1.82) is 0 Å². The van der Waals surface area contributed by atoms with Gasteiger partial charge in [0.15, 0.2) is 0 Å². The van der Waals surface area contributed by atoms with Gasteiger partial charge in [-0.2, -0.15) is 0 Å². The number of aliphatic hydroxyl groups excluding tert-OH is 3. The molecule has 0 aromatic rings. The second kappa shape index (κ2) is 12.0. The normalized spacial score (nSPS) is 31.8. The first-order chi connectivity index (χ1) is 13.2. The number of esters is 1. The molecule has 0 amide bonds. The molecule has 1 saturated heterocycles. The van der Waals surface area contributed by atoms with Crippen molar-refractivity contribution in [2.75, 3.05) is 20.3 Å². The lowest BCUT2D eigenvalue weighted by atomic mass is 9.88. The van der Waals surface area contributed by atoms with Gasteiger partial charge >= 0.3 is 5.97 Å². The summed E-state index contributed by atoms with van der Waals surface area (Å²) in [5.74, 6) is -3.49. The van der Waals surface area contributed by atoms with Gasteiger partial charge < -0.3 is 29.9 Å². The molecule has 2 unspecified atom stereocenters. The van der Waals surface area contributed by atoms with Crippen LogP contribution < -0.4 is 0 Å². The topological polar surface area (TPSA) is 120 Å². The molecule has 0 aliphatic carbocycles.